The molecule has 0 fully saturated rings. The Morgan fingerprint density at radius 3 is 2.78 bits per heavy atom. The average molecular weight is 346 g/mol. The number of halogens is 1. The number of carboxylic acids is 1. The summed E-state index contributed by atoms with van der Waals surface area (Å²) in [6.45, 7) is 0.474. The highest BCUT2D eigenvalue weighted by Crippen LogP contribution is 2.21. The van der Waals surface area contributed by atoms with Gasteiger partial charge in [-0.15, -0.1) is 0 Å². The van der Waals surface area contributed by atoms with Gasteiger partial charge in [-0.3, -0.25) is 9.78 Å². The fourth-order valence-corrected chi connectivity index (χ4v) is 2.69. The minimum absolute atomic E-state index is 0.172. The first-order valence-corrected chi connectivity index (χ1v) is 7.57. The van der Waals surface area contributed by atoms with Crippen LogP contribution < -0.4 is 0 Å². The minimum Gasteiger partial charge on any atom is -0.478 e. The summed E-state index contributed by atoms with van der Waals surface area (Å²) in [7, 11) is 0. The number of aromatic nitrogens is 3. The van der Waals surface area contributed by atoms with Crippen molar-refractivity contribution in [2.45, 2.75) is 6.54 Å². The Balaban J connectivity index is 1.99. The van der Waals surface area contributed by atoms with Gasteiger partial charge >= 0.3 is 5.97 Å². The lowest BCUT2D eigenvalue weighted by atomic mass is 10.1. The molecule has 1 heterocycles. The number of rotatable bonds is 4. The number of aromatic amines is 1. The molecule has 5 nitrogen and oxygen atoms in total. The van der Waals surface area contributed by atoms with Crippen molar-refractivity contribution in [2.24, 2.45) is 0 Å². The van der Waals surface area contributed by atoms with Crippen molar-refractivity contribution in [3.63, 3.8) is 0 Å². The third-order valence-electron chi connectivity index (χ3n) is 3.32. The van der Waals surface area contributed by atoms with Crippen LogP contribution in [0, 0.1) is 4.77 Å². The van der Waals surface area contributed by atoms with E-state index in [2.05, 4.69) is 10.1 Å². The zero-order valence-electron chi connectivity index (χ0n) is 11.9. The highest BCUT2D eigenvalue weighted by atomic mass is 35.5. The van der Waals surface area contributed by atoms with Gasteiger partial charge in [-0.05, 0) is 36.0 Å². The summed E-state index contributed by atoms with van der Waals surface area (Å²) >= 11 is 11.2. The largest absolute Gasteiger partial charge is 0.478 e. The van der Waals surface area contributed by atoms with Crippen LogP contribution in [0.3, 0.4) is 0 Å². The zero-order valence-corrected chi connectivity index (χ0v) is 13.4. The molecule has 2 aromatic carbocycles. The molecule has 0 spiro atoms. The third-order valence-corrected chi connectivity index (χ3v) is 3.87. The Labute approximate surface area is 142 Å². The van der Waals surface area contributed by atoms with Gasteiger partial charge in [0.25, 0.3) is 0 Å². The molecule has 2 N–H and O–H groups in total. The molecule has 0 saturated carbocycles. The van der Waals surface area contributed by atoms with E-state index in [1.54, 1.807) is 28.9 Å². The number of nitrogens with one attached hydrogen (secondary N) is 1. The van der Waals surface area contributed by atoms with Crippen LogP contribution in [-0.4, -0.2) is 25.8 Å². The molecule has 7 heteroatoms. The van der Waals surface area contributed by atoms with Crippen molar-refractivity contribution in [3.8, 4) is 11.4 Å². The summed E-state index contributed by atoms with van der Waals surface area (Å²) in [5.41, 5.74) is 1.64. The van der Waals surface area contributed by atoms with Crippen molar-refractivity contribution in [1.82, 2.24) is 14.8 Å². The second kappa shape index (κ2) is 6.36. The first-order valence-electron chi connectivity index (χ1n) is 6.78. The smallest absolute Gasteiger partial charge is 0.336 e. The zero-order chi connectivity index (χ0) is 16.4. The van der Waals surface area contributed by atoms with Crippen molar-refractivity contribution >= 4 is 29.8 Å². The molecule has 0 bridgehead atoms. The molecule has 0 saturated heterocycles. The van der Waals surface area contributed by atoms with Gasteiger partial charge in [0.15, 0.2) is 5.82 Å². The van der Waals surface area contributed by atoms with Gasteiger partial charge in [0.2, 0.25) is 4.77 Å². The number of aromatic carboxylic acids is 1. The fourth-order valence-electron chi connectivity index (χ4n) is 2.28. The Hall–Kier alpha value is -2.44. The topological polar surface area (TPSA) is 70.9 Å². The average Bonchev–Trinajstić information content (AvgIpc) is 2.88. The number of nitrogens with zero attached hydrogens (tertiary/aromatic N) is 2. The lowest BCUT2D eigenvalue weighted by Crippen LogP contribution is -2.03. The number of carboxylic acid groups (broad SMARTS) is 1. The second-order valence-electron chi connectivity index (χ2n) is 4.92. The van der Waals surface area contributed by atoms with Crippen molar-refractivity contribution < 1.29 is 9.90 Å². The summed E-state index contributed by atoms with van der Waals surface area (Å²) in [6, 6.07) is 14.1. The Morgan fingerprint density at radius 2 is 2.04 bits per heavy atom. The van der Waals surface area contributed by atoms with Crippen molar-refractivity contribution in [3.05, 3.63) is 69.5 Å². The summed E-state index contributed by atoms with van der Waals surface area (Å²) in [5, 5.41) is 13.0. The molecule has 3 aromatic rings. The van der Waals surface area contributed by atoms with E-state index in [9.17, 15) is 9.90 Å². The van der Waals surface area contributed by atoms with Crippen molar-refractivity contribution in [1.29, 1.82) is 0 Å². The van der Waals surface area contributed by atoms with Gasteiger partial charge in [-0.2, -0.15) is 4.98 Å². The number of H-pyrrole nitrogens is 1. The standard InChI is InChI=1S/C16H12ClN3O2S/c17-11-5-3-4-10(8-11)9-20-16(23)18-14(19-20)12-6-1-2-7-13(12)15(21)22/h1-8H,9H2,(H,21,22)(H,18,19,23). The Kier molecular flexibility index (Phi) is 4.27. The van der Waals surface area contributed by atoms with E-state index < -0.39 is 5.97 Å². The number of carbonyl (C=O) groups is 1. The van der Waals surface area contributed by atoms with Crippen LogP contribution in [0.5, 0.6) is 0 Å². The number of benzene rings is 2. The molecular formula is C16H12ClN3O2S. The van der Waals surface area contributed by atoms with E-state index >= 15 is 0 Å². The lowest BCUT2D eigenvalue weighted by molar-refractivity contribution is 0.0697. The molecule has 0 amide bonds. The summed E-state index contributed by atoms with van der Waals surface area (Å²) in [5.74, 6) is -0.584. The fraction of sp³-hybridized carbons (Fsp3) is 0.0625. The van der Waals surface area contributed by atoms with Gasteiger partial charge in [0.05, 0.1) is 12.1 Å². The van der Waals surface area contributed by atoms with E-state index in [4.69, 9.17) is 23.8 Å². The van der Waals surface area contributed by atoms with Crippen molar-refractivity contribution in [2.75, 3.05) is 0 Å². The molecular weight excluding hydrogens is 334 g/mol. The Morgan fingerprint density at radius 1 is 1.26 bits per heavy atom. The highest BCUT2D eigenvalue weighted by Gasteiger charge is 2.14. The number of hydrogen-bond acceptors (Lipinski definition) is 3. The summed E-state index contributed by atoms with van der Waals surface area (Å²) < 4.78 is 2.02. The molecule has 3 rings (SSSR count). The van der Waals surface area contributed by atoms with Crippen LogP contribution in [0.1, 0.15) is 15.9 Å². The lowest BCUT2D eigenvalue weighted by Gasteiger charge is -2.04. The second-order valence-corrected chi connectivity index (χ2v) is 5.72. The molecule has 0 aliphatic rings. The molecule has 0 atom stereocenters. The van der Waals surface area contributed by atoms with Crippen LogP contribution in [0.15, 0.2) is 48.5 Å². The molecule has 23 heavy (non-hydrogen) atoms. The van der Waals surface area contributed by atoms with Gasteiger partial charge in [-0.1, -0.05) is 41.9 Å². The normalized spacial score (nSPS) is 10.7. The monoisotopic (exact) mass is 345 g/mol. The molecule has 0 unspecified atom stereocenters. The van der Waals surface area contributed by atoms with Gasteiger partial charge in [0, 0.05) is 10.6 Å². The van der Waals surface area contributed by atoms with Crippen LogP contribution in [0.4, 0.5) is 0 Å². The van der Waals surface area contributed by atoms with E-state index in [1.165, 1.54) is 6.07 Å². The molecule has 0 radical (unpaired) electrons. The quantitative estimate of drug-likeness (QED) is 0.701. The van der Waals surface area contributed by atoms with Gasteiger partial charge < -0.3 is 5.11 Å². The first-order chi connectivity index (χ1) is 11.0. The molecule has 1 aromatic heterocycles. The van der Waals surface area contributed by atoms with Crippen LogP contribution in [0.2, 0.25) is 5.02 Å². The van der Waals surface area contributed by atoms with E-state index in [0.29, 0.717) is 27.7 Å². The maximum absolute atomic E-state index is 11.3. The van der Waals surface area contributed by atoms with E-state index in [-0.39, 0.29) is 5.56 Å². The summed E-state index contributed by atoms with van der Waals surface area (Å²) in [4.78, 5) is 15.6. The summed E-state index contributed by atoms with van der Waals surface area (Å²) in [6.07, 6.45) is 0. The predicted octanol–water partition coefficient (Wildman–Crippen LogP) is 4.01. The molecule has 116 valence electrons. The SMILES string of the molecule is O=C(O)c1ccccc1-c1nc(=S)n(Cc2cccc(Cl)c2)[nH]1. The Bertz CT molecular complexity index is 933. The van der Waals surface area contributed by atoms with Gasteiger partial charge in [0.1, 0.15) is 0 Å². The van der Waals surface area contributed by atoms with E-state index in [1.807, 2.05) is 18.2 Å². The molecule has 0 aliphatic heterocycles. The third kappa shape index (κ3) is 3.33. The minimum atomic E-state index is -1.01. The molecule has 0 aliphatic carbocycles. The van der Waals surface area contributed by atoms with E-state index in [0.717, 1.165) is 5.56 Å². The van der Waals surface area contributed by atoms with Crippen LogP contribution in [0.25, 0.3) is 11.4 Å². The maximum Gasteiger partial charge on any atom is 0.336 e. The van der Waals surface area contributed by atoms with Crippen LogP contribution >= 0.6 is 23.8 Å². The van der Waals surface area contributed by atoms with Crippen LogP contribution in [-0.2, 0) is 6.54 Å². The first kappa shape index (κ1) is 15.5. The predicted molar refractivity (Wildman–Crippen MR) is 90.4 cm³/mol. The van der Waals surface area contributed by atoms with Gasteiger partial charge in [-0.25, -0.2) is 4.79 Å². The number of hydrogen-bond donors (Lipinski definition) is 2. The maximum atomic E-state index is 11.3. The highest BCUT2D eigenvalue weighted by molar-refractivity contribution is 7.71.